The normalized spacial score (nSPS) is 21.6. The number of nitrogens with zero attached hydrogens (tertiary/aromatic N) is 2. The maximum Gasteiger partial charge on any atom is 0.135 e. The van der Waals surface area contributed by atoms with Gasteiger partial charge in [0.2, 0.25) is 0 Å². The summed E-state index contributed by atoms with van der Waals surface area (Å²) < 4.78 is 13.6. The van der Waals surface area contributed by atoms with E-state index < -0.39 is 0 Å². The maximum absolute atomic E-state index is 6.00. The van der Waals surface area contributed by atoms with Crippen LogP contribution in [0.1, 0.15) is 18.7 Å². The van der Waals surface area contributed by atoms with Crippen molar-refractivity contribution in [3.05, 3.63) is 41.3 Å². The highest BCUT2D eigenvalue weighted by Crippen LogP contribution is 2.26. The van der Waals surface area contributed by atoms with Gasteiger partial charge >= 0.3 is 0 Å². The Hall–Kier alpha value is -1.40. The zero-order valence-corrected chi connectivity index (χ0v) is 14.3. The molecule has 24 heavy (non-hydrogen) atoms. The third kappa shape index (κ3) is 3.49. The molecule has 0 amide bonds. The predicted octanol–water partition coefficient (Wildman–Crippen LogP) is 2.87. The van der Waals surface area contributed by atoms with Gasteiger partial charge in [-0.25, -0.2) is 4.98 Å². The van der Waals surface area contributed by atoms with Gasteiger partial charge in [-0.05, 0) is 30.5 Å². The summed E-state index contributed by atoms with van der Waals surface area (Å²) in [6, 6.07) is 8.46. The van der Waals surface area contributed by atoms with E-state index in [0.29, 0.717) is 12.6 Å². The largest absolute Gasteiger partial charge is 0.381 e. The van der Waals surface area contributed by atoms with E-state index in [9.17, 15) is 0 Å². The second kappa shape index (κ2) is 7.23. The fourth-order valence-corrected chi connectivity index (χ4v) is 3.48. The standard InChI is InChI=1S/C18H22ClN3O2/c19-14-3-1-13(2-4-14)17-10-21-18-12-24-16(11-22(17)18)9-20-15-5-7-23-8-6-15/h1-4,10,15-16,20H,5-9,11-12H2/t16-/m0/s1. The van der Waals surface area contributed by atoms with Crippen LogP contribution in [0.2, 0.25) is 5.02 Å². The lowest BCUT2D eigenvalue weighted by molar-refractivity contribution is -0.00174. The van der Waals surface area contributed by atoms with Gasteiger partial charge in [0.25, 0.3) is 0 Å². The Labute approximate surface area is 146 Å². The summed E-state index contributed by atoms with van der Waals surface area (Å²) >= 11 is 6.00. The highest BCUT2D eigenvalue weighted by Gasteiger charge is 2.24. The highest BCUT2D eigenvalue weighted by molar-refractivity contribution is 6.30. The molecule has 2 aliphatic heterocycles. The minimum atomic E-state index is 0.167. The molecule has 1 atom stereocenters. The lowest BCUT2D eigenvalue weighted by Gasteiger charge is -2.29. The molecule has 1 fully saturated rings. The molecule has 128 valence electrons. The number of aromatic nitrogens is 2. The molecule has 2 aliphatic rings. The third-order valence-corrected chi connectivity index (χ3v) is 5.02. The second-order valence-electron chi connectivity index (χ2n) is 6.41. The minimum absolute atomic E-state index is 0.167. The Morgan fingerprint density at radius 2 is 2.00 bits per heavy atom. The molecule has 0 saturated carbocycles. The number of hydrogen-bond acceptors (Lipinski definition) is 4. The third-order valence-electron chi connectivity index (χ3n) is 4.77. The van der Waals surface area contributed by atoms with Crippen molar-refractivity contribution in [1.82, 2.24) is 14.9 Å². The number of imidazole rings is 1. The molecule has 3 heterocycles. The Bertz CT molecular complexity index is 680. The number of hydrogen-bond donors (Lipinski definition) is 1. The van der Waals surface area contributed by atoms with E-state index in [1.54, 1.807) is 0 Å². The Morgan fingerprint density at radius 1 is 1.21 bits per heavy atom. The Morgan fingerprint density at radius 3 is 2.79 bits per heavy atom. The van der Waals surface area contributed by atoms with E-state index in [1.807, 2.05) is 30.5 Å². The topological polar surface area (TPSA) is 48.3 Å². The minimum Gasteiger partial charge on any atom is -0.381 e. The Kier molecular flexibility index (Phi) is 4.85. The van der Waals surface area contributed by atoms with Crippen LogP contribution in [0.4, 0.5) is 0 Å². The number of halogens is 1. The number of fused-ring (bicyclic) bond motifs is 1. The first-order valence-corrected chi connectivity index (χ1v) is 8.90. The van der Waals surface area contributed by atoms with E-state index in [-0.39, 0.29) is 6.10 Å². The molecule has 0 aliphatic carbocycles. The molecular formula is C18H22ClN3O2. The van der Waals surface area contributed by atoms with Crippen molar-refractivity contribution >= 4 is 11.6 Å². The van der Waals surface area contributed by atoms with Crippen LogP contribution in [-0.4, -0.2) is 41.5 Å². The monoisotopic (exact) mass is 347 g/mol. The summed E-state index contributed by atoms with van der Waals surface area (Å²) in [5, 5.41) is 4.37. The molecule has 1 aromatic heterocycles. The molecule has 4 rings (SSSR count). The van der Waals surface area contributed by atoms with Gasteiger partial charge in [0.15, 0.2) is 0 Å². The molecule has 1 saturated heterocycles. The lowest BCUT2D eigenvalue weighted by atomic mass is 10.1. The van der Waals surface area contributed by atoms with Gasteiger partial charge in [0.1, 0.15) is 12.4 Å². The summed E-state index contributed by atoms with van der Waals surface area (Å²) in [6.45, 7) is 3.96. The fourth-order valence-electron chi connectivity index (χ4n) is 3.36. The Balaban J connectivity index is 1.44. The van der Waals surface area contributed by atoms with Crippen LogP contribution in [0.3, 0.4) is 0 Å². The van der Waals surface area contributed by atoms with Gasteiger partial charge in [-0.3, -0.25) is 0 Å². The van der Waals surface area contributed by atoms with Crippen LogP contribution >= 0.6 is 11.6 Å². The molecule has 1 N–H and O–H groups in total. The molecule has 2 aromatic rings. The quantitative estimate of drug-likeness (QED) is 0.924. The number of benzene rings is 1. The predicted molar refractivity (Wildman–Crippen MR) is 93.1 cm³/mol. The van der Waals surface area contributed by atoms with Crippen LogP contribution in [0.25, 0.3) is 11.3 Å². The molecule has 0 spiro atoms. The number of ether oxygens (including phenoxy) is 2. The zero-order valence-electron chi connectivity index (χ0n) is 13.6. The SMILES string of the molecule is Clc1ccc(-c2cnc3n2C[C@H](CNC2CCOCC2)OC3)cc1. The maximum atomic E-state index is 6.00. The molecule has 0 unspecified atom stereocenters. The van der Waals surface area contributed by atoms with E-state index in [1.165, 1.54) is 0 Å². The van der Waals surface area contributed by atoms with Crippen molar-refractivity contribution in [3.8, 4) is 11.3 Å². The van der Waals surface area contributed by atoms with E-state index >= 15 is 0 Å². The second-order valence-corrected chi connectivity index (χ2v) is 6.84. The van der Waals surface area contributed by atoms with Gasteiger partial charge in [0.05, 0.1) is 24.5 Å². The first-order valence-electron chi connectivity index (χ1n) is 8.52. The van der Waals surface area contributed by atoms with Crippen LogP contribution < -0.4 is 5.32 Å². The van der Waals surface area contributed by atoms with Crippen LogP contribution in [0.15, 0.2) is 30.5 Å². The van der Waals surface area contributed by atoms with Crippen molar-refractivity contribution in [3.63, 3.8) is 0 Å². The average Bonchev–Trinajstić information content (AvgIpc) is 3.05. The van der Waals surface area contributed by atoms with E-state index in [2.05, 4.69) is 14.9 Å². The van der Waals surface area contributed by atoms with Crippen LogP contribution in [0.5, 0.6) is 0 Å². The van der Waals surface area contributed by atoms with Gasteiger partial charge in [-0.2, -0.15) is 0 Å². The molecular weight excluding hydrogens is 326 g/mol. The summed E-state index contributed by atoms with van der Waals surface area (Å²) in [5.74, 6) is 0.988. The number of rotatable bonds is 4. The zero-order chi connectivity index (χ0) is 16.4. The van der Waals surface area contributed by atoms with Crippen LogP contribution in [-0.2, 0) is 22.6 Å². The highest BCUT2D eigenvalue weighted by atomic mass is 35.5. The van der Waals surface area contributed by atoms with Gasteiger partial charge < -0.3 is 19.4 Å². The summed E-state index contributed by atoms with van der Waals surface area (Å²) in [5.41, 5.74) is 2.26. The lowest BCUT2D eigenvalue weighted by Crippen LogP contribution is -2.42. The molecule has 6 heteroatoms. The van der Waals surface area contributed by atoms with Gasteiger partial charge in [-0.1, -0.05) is 23.7 Å². The van der Waals surface area contributed by atoms with E-state index in [0.717, 1.165) is 61.2 Å². The molecule has 1 aromatic carbocycles. The molecule has 5 nitrogen and oxygen atoms in total. The summed E-state index contributed by atoms with van der Waals surface area (Å²) in [7, 11) is 0. The molecule has 0 bridgehead atoms. The fraction of sp³-hybridized carbons (Fsp3) is 0.500. The van der Waals surface area contributed by atoms with Crippen molar-refractivity contribution in [2.75, 3.05) is 19.8 Å². The first-order chi connectivity index (χ1) is 11.8. The molecule has 0 radical (unpaired) electrons. The van der Waals surface area contributed by atoms with Crippen molar-refractivity contribution in [1.29, 1.82) is 0 Å². The first kappa shape index (κ1) is 16.1. The van der Waals surface area contributed by atoms with E-state index in [4.69, 9.17) is 21.1 Å². The summed E-state index contributed by atoms with van der Waals surface area (Å²) in [4.78, 5) is 4.51. The summed E-state index contributed by atoms with van der Waals surface area (Å²) in [6.07, 6.45) is 4.26. The smallest absolute Gasteiger partial charge is 0.135 e. The van der Waals surface area contributed by atoms with Gasteiger partial charge in [0, 0.05) is 30.8 Å². The number of nitrogens with one attached hydrogen (secondary N) is 1. The van der Waals surface area contributed by atoms with Crippen molar-refractivity contribution in [2.45, 2.75) is 38.1 Å². The van der Waals surface area contributed by atoms with Crippen molar-refractivity contribution < 1.29 is 9.47 Å². The average molecular weight is 348 g/mol. The van der Waals surface area contributed by atoms with Crippen molar-refractivity contribution in [2.24, 2.45) is 0 Å². The van der Waals surface area contributed by atoms with Crippen LogP contribution in [0, 0.1) is 0 Å². The van der Waals surface area contributed by atoms with Gasteiger partial charge in [-0.15, -0.1) is 0 Å².